The van der Waals surface area contributed by atoms with Gasteiger partial charge in [-0.1, -0.05) is 18.2 Å². The summed E-state index contributed by atoms with van der Waals surface area (Å²) in [5.74, 6) is -0.236. The van der Waals surface area contributed by atoms with Crippen molar-refractivity contribution < 1.29 is 23.5 Å². The summed E-state index contributed by atoms with van der Waals surface area (Å²) in [6.07, 6.45) is 2.55. The van der Waals surface area contributed by atoms with Crippen LogP contribution in [0.5, 0.6) is 5.75 Å². The summed E-state index contributed by atoms with van der Waals surface area (Å²) in [5, 5.41) is 2.61. The number of benzene rings is 2. The van der Waals surface area contributed by atoms with Gasteiger partial charge in [-0.25, -0.2) is 9.78 Å². The van der Waals surface area contributed by atoms with Crippen LogP contribution in [-0.4, -0.2) is 30.6 Å². The fourth-order valence-electron chi connectivity index (χ4n) is 2.18. The number of carbonyl (C=O) groups excluding carboxylic acids is 2. The number of anilines is 1. The van der Waals surface area contributed by atoms with Gasteiger partial charge in [0.25, 0.3) is 5.91 Å². The molecule has 0 aliphatic carbocycles. The molecule has 0 unspecified atom stereocenters. The Morgan fingerprint density at radius 3 is 2.85 bits per heavy atom. The number of hydrogen-bond acceptors (Lipinski definition) is 6. The third-order valence-corrected chi connectivity index (χ3v) is 3.37. The van der Waals surface area contributed by atoms with Crippen LogP contribution in [0.2, 0.25) is 0 Å². The Morgan fingerprint density at radius 2 is 2.04 bits per heavy atom. The number of nitrogens with one attached hydrogen (secondary N) is 1. The predicted octanol–water partition coefficient (Wildman–Crippen LogP) is 3.03. The number of methoxy groups -OCH3 is 1. The van der Waals surface area contributed by atoms with Crippen molar-refractivity contribution in [2.45, 2.75) is 0 Å². The highest BCUT2D eigenvalue weighted by Crippen LogP contribution is 2.17. The monoisotopic (exact) mass is 352 g/mol. The largest absolute Gasteiger partial charge is 0.497 e. The second-order valence-electron chi connectivity index (χ2n) is 5.24. The topological polar surface area (TPSA) is 90.7 Å². The van der Waals surface area contributed by atoms with Gasteiger partial charge in [-0.2, -0.15) is 0 Å². The van der Waals surface area contributed by atoms with E-state index in [4.69, 9.17) is 13.9 Å². The summed E-state index contributed by atoms with van der Waals surface area (Å²) in [5.41, 5.74) is 1.86. The Morgan fingerprint density at radius 1 is 1.19 bits per heavy atom. The van der Waals surface area contributed by atoms with Crippen LogP contribution in [0, 0.1) is 0 Å². The first-order valence-corrected chi connectivity index (χ1v) is 7.78. The molecule has 2 aromatic carbocycles. The van der Waals surface area contributed by atoms with E-state index in [1.165, 1.54) is 13.2 Å². The van der Waals surface area contributed by atoms with E-state index in [2.05, 4.69) is 10.3 Å². The van der Waals surface area contributed by atoms with Crippen LogP contribution in [0.3, 0.4) is 0 Å². The van der Waals surface area contributed by atoms with Crippen molar-refractivity contribution in [2.75, 3.05) is 19.0 Å². The Kier molecular flexibility index (Phi) is 5.28. The van der Waals surface area contributed by atoms with Gasteiger partial charge >= 0.3 is 5.97 Å². The number of aromatic nitrogens is 1. The number of esters is 1. The number of oxazole rings is 1. The molecule has 0 bridgehead atoms. The van der Waals surface area contributed by atoms with E-state index in [-0.39, 0.29) is 5.89 Å². The Labute approximate surface area is 149 Å². The maximum absolute atomic E-state index is 11.8. The molecule has 0 radical (unpaired) electrons. The summed E-state index contributed by atoms with van der Waals surface area (Å²) in [6.45, 7) is -0.409. The zero-order chi connectivity index (χ0) is 18.4. The normalized spacial score (nSPS) is 10.8. The first-order chi connectivity index (χ1) is 12.6. The molecule has 7 nitrogen and oxygen atoms in total. The number of carbonyl (C=O) groups is 2. The van der Waals surface area contributed by atoms with Gasteiger partial charge in [0.05, 0.1) is 7.11 Å². The highest BCUT2D eigenvalue weighted by atomic mass is 16.5. The van der Waals surface area contributed by atoms with Crippen molar-refractivity contribution in [1.82, 2.24) is 4.98 Å². The lowest BCUT2D eigenvalue weighted by Crippen LogP contribution is -2.20. The van der Waals surface area contributed by atoms with Gasteiger partial charge in [-0.15, -0.1) is 0 Å². The molecule has 26 heavy (non-hydrogen) atoms. The van der Waals surface area contributed by atoms with Crippen LogP contribution in [0.25, 0.3) is 17.2 Å². The van der Waals surface area contributed by atoms with Crippen molar-refractivity contribution in [1.29, 1.82) is 0 Å². The van der Waals surface area contributed by atoms with Crippen LogP contribution in [0.15, 0.2) is 59.0 Å². The Balaban J connectivity index is 1.50. The summed E-state index contributed by atoms with van der Waals surface area (Å²) in [7, 11) is 1.53. The van der Waals surface area contributed by atoms with Crippen LogP contribution in [0.1, 0.15) is 5.89 Å². The average Bonchev–Trinajstić information content (AvgIpc) is 3.08. The Hall–Kier alpha value is -3.61. The van der Waals surface area contributed by atoms with Crippen molar-refractivity contribution in [3.05, 3.63) is 60.5 Å². The highest BCUT2D eigenvalue weighted by molar-refractivity contribution is 5.94. The number of amides is 1. The molecule has 0 saturated heterocycles. The molecule has 0 atom stereocenters. The molecule has 3 rings (SSSR count). The highest BCUT2D eigenvalue weighted by Gasteiger charge is 2.07. The molecule has 0 spiro atoms. The lowest BCUT2D eigenvalue weighted by molar-refractivity contribution is -0.142. The molecule has 1 N–H and O–H groups in total. The van der Waals surface area contributed by atoms with Crippen LogP contribution in [-0.2, 0) is 14.3 Å². The Bertz CT molecular complexity index is 928. The van der Waals surface area contributed by atoms with E-state index in [9.17, 15) is 9.59 Å². The number of fused-ring (bicyclic) bond motifs is 1. The minimum absolute atomic E-state index is 0.281. The third-order valence-electron chi connectivity index (χ3n) is 3.37. The molecule has 0 fully saturated rings. The molecule has 0 aliphatic heterocycles. The number of para-hydroxylation sites is 2. The van der Waals surface area contributed by atoms with E-state index in [1.807, 2.05) is 12.1 Å². The minimum Gasteiger partial charge on any atom is -0.497 e. The lowest BCUT2D eigenvalue weighted by Gasteiger charge is -2.06. The molecule has 1 amide bonds. The van der Waals surface area contributed by atoms with Crippen molar-refractivity contribution in [2.24, 2.45) is 0 Å². The molecule has 0 aliphatic rings. The van der Waals surface area contributed by atoms with Gasteiger partial charge in [-0.05, 0) is 24.3 Å². The van der Waals surface area contributed by atoms with Crippen molar-refractivity contribution in [3.63, 3.8) is 0 Å². The first-order valence-electron chi connectivity index (χ1n) is 7.78. The first kappa shape index (κ1) is 17.2. The third kappa shape index (κ3) is 4.47. The maximum atomic E-state index is 11.8. The fraction of sp³-hybridized carbons (Fsp3) is 0.105. The lowest BCUT2D eigenvalue weighted by atomic mass is 10.3. The van der Waals surface area contributed by atoms with E-state index in [0.717, 1.165) is 6.08 Å². The standard InChI is InChI=1S/C19H16N2O5/c1-24-14-6-4-5-13(11-14)20-17(22)12-25-19(23)10-9-18-21-15-7-2-3-8-16(15)26-18/h2-11H,12H2,1H3,(H,20,22)/b10-9+. The van der Waals surface area contributed by atoms with Crippen LogP contribution in [0.4, 0.5) is 5.69 Å². The zero-order valence-corrected chi connectivity index (χ0v) is 14.0. The molecule has 7 heteroatoms. The second kappa shape index (κ2) is 7.98. The zero-order valence-electron chi connectivity index (χ0n) is 14.0. The van der Waals surface area contributed by atoms with Gasteiger partial charge < -0.3 is 19.2 Å². The van der Waals surface area contributed by atoms with Crippen LogP contribution >= 0.6 is 0 Å². The molecule has 0 saturated carbocycles. The molecule has 132 valence electrons. The number of rotatable bonds is 6. The minimum atomic E-state index is -0.673. The number of hydrogen-bond donors (Lipinski definition) is 1. The molecular weight excluding hydrogens is 336 g/mol. The van der Waals surface area contributed by atoms with E-state index >= 15 is 0 Å². The van der Waals surface area contributed by atoms with Crippen LogP contribution < -0.4 is 10.1 Å². The quantitative estimate of drug-likeness (QED) is 0.542. The van der Waals surface area contributed by atoms with E-state index in [1.54, 1.807) is 36.4 Å². The second-order valence-corrected chi connectivity index (χ2v) is 5.24. The van der Waals surface area contributed by atoms with Gasteiger partial charge in [0.2, 0.25) is 5.89 Å². The van der Waals surface area contributed by atoms with Crippen molar-refractivity contribution >= 4 is 34.7 Å². The van der Waals surface area contributed by atoms with Gasteiger partial charge in [0.15, 0.2) is 12.2 Å². The smallest absolute Gasteiger partial charge is 0.331 e. The molecule has 1 heterocycles. The van der Waals surface area contributed by atoms with Gasteiger partial charge in [0.1, 0.15) is 11.3 Å². The van der Waals surface area contributed by atoms with E-state index < -0.39 is 18.5 Å². The van der Waals surface area contributed by atoms with Gasteiger partial charge in [-0.3, -0.25) is 4.79 Å². The maximum Gasteiger partial charge on any atom is 0.331 e. The summed E-state index contributed by atoms with van der Waals surface area (Å²) in [6, 6.07) is 14.1. The van der Waals surface area contributed by atoms with Gasteiger partial charge in [0, 0.05) is 23.9 Å². The number of nitrogens with zero attached hydrogens (tertiary/aromatic N) is 1. The summed E-state index contributed by atoms with van der Waals surface area (Å²) < 4.78 is 15.4. The molecular formula is C19H16N2O5. The fourth-order valence-corrected chi connectivity index (χ4v) is 2.18. The van der Waals surface area contributed by atoms with Crippen molar-refractivity contribution in [3.8, 4) is 5.75 Å². The van der Waals surface area contributed by atoms with E-state index in [0.29, 0.717) is 22.5 Å². The summed E-state index contributed by atoms with van der Waals surface area (Å²) >= 11 is 0. The summed E-state index contributed by atoms with van der Waals surface area (Å²) in [4.78, 5) is 27.7. The number of ether oxygens (including phenoxy) is 2. The SMILES string of the molecule is COc1cccc(NC(=O)COC(=O)/C=C/c2nc3ccccc3o2)c1. The predicted molar refractivity (Wildman–Crippen MR) is 95.6 cm³/mol. The molecule has 1 aromatic heterocycles. The average molecular weight is 352 g/mol. The molecule has 3 aromatic rings.